The molecule has 0 nitrogen and oxygen atoms in total. The van der Waals surface area contributed by atoms with Crippen LogP contribution in [-0.2, 0) is 0 Å². The largest absolute Gasteiger partial charge is 0.103 e. The lowest BCUT2D eigenvalue weighted by molar-refractivity contribution is 0.614. The van der Waals surface area contributed by atoms with Crippen LogP contribution < -0.4 is 0 Å². The molecule has 0 bridgehead atoms. The molecule has 0 aromatic heterocycles. The van der Waals surface area contributed by atoms with Crippen molar-refractivity contribution in [1.29, 1.82) is 0 Å². The molecule has 0 aromatic carbocycles. The van der Waals surface area contributed by atoms with Crippen LogP contribution in [0.1, 0.15) is 78.1 Å². The first kappa shape index (κ1) is 15.3. The standard InChI is InChI=1S/C16H28/c1-3-5-7-9-11-13-15-16-14-12-10-8-6-4-2/h5,7H,3-4,6,8-12,14,16H2,1-2H3/b7-5+. The fourth-order valence-electron chi connectivity index (χ4n) is 1.61. The first-order valence-electron chi connectivity index (χ1n) is 7.02. The molecule has 0 aliphatic heterocycles. The zero-order chi connectivity index (χ0) is 11.9. The fourth-order valence-corrected chi connectivity index (χ4v) is 1.61. The summed E-state index contributed by atoms with van der Waals surface area (Å²) in [5, 5.41) is 0. The van der Waals surface area contributed by atoms with Crippen molar-refractivity contribution in [3.05, 3.63) is 12.2 Å². The van der Waals surface area contributed by atoms with Crippen LogP contribution in [0, 0.1) is 11.8 Å². The average Bonchev–Trinajstić information content (AvgIpc) is 2.31. The molecular weight excluding hydrogens is 192 g/mol. The van der Waals surface area contributed by atoms with Crippen LogP contribution in [0.2, 0.25) is 0 Å². The highest BCUT2D eigenvalue weighted by Gasteiger charge is 1.87. The Morgan fingerprint density at radius 1 is 0.750 bits per heavy atom. The molecule has 0 aromatic rings. The fraction of sp³-hybridized carbons (Fsp3) is 0.750. The third-order valence-corrected chi connectivity index (χ3v) is 2.62. The van der Waals surface area contributed by atoms with Gasteiger partial charge in [0.2, 0.25) is 0 Å². The molecule has 0 atom stereocenters. The van der Waals surface area contributed by atoms with Crippen molar-refractivity contribution in [2.24, 2.45) is 0 Å². The molecule has 0 amide bonds. The summed E-state index contributed by atoms with van der Waals surface area (Å²) in [5.74, 6) is 6.51. The molecule has 0 radical (unpaired) electrons. The van der Waals surface area contributed by atoms with Crippen molar-refractivity contribution in [3.63, 3.8) is 0 Å². The molecule has 0 aliphatic carbocycles. The van der Waals surface area contributed by atoms with E-state index < -0.39 is 0 Å². The van der Waals surface area contributed by atoms with Gasteiger partial charge in [-0.3, -0.25) is 0 Å². The van der Waals surface area contributed by atoms with Gasteiger partial charge in [-0.25, -0.2) is 0 Å². The molecule has 0 aliphatic rings. The first-order valence-corrected chi connectivity index (χ1v) is 7.02. The van der Waals surface area contributed by atoms with E-state index in [1.807, 2.05) is 0 Å². The van der Waals surface area contributed by atoms with E-state index in [-0.39, 0.29) is 0 Å². The Hall–Kier alpha value is -0.700. The van der Waals surface area contributed by atoms with Crippen LogP contribution in [-0.4, -0.2) is 0 Å². The molecule has 0 N–H and O–H groups in total. The van der Waals surface area contributed by atoms with Gasteiger partial charge in [-0.05, 0) is 19.3 Å². The predicted octanol–water partition coefficient (Wildman–Crippen LogP) is 5.49. The van der Waals surface area contributed by atoms with Gasteiger partial charge in [0.15, 0.2) is 0 Å². The van der Waals surface area contributed by atoms with E-state index in [0.717, 1.165) is 25.7 Å². The number of rotatable bonds is 9. The van der Waals surface area contributed by atoms with E-state index in [1.54, 1.807) is 0 Å². The maximum atomic E-state index is 3.27. The molecule has 0 saturated heterocycles. The number of hydrogen-bond donors (Lipinski definition) is 0. The van der Waals surface area contributed by atoms with Crippen LogP contribution in [0.5, 0.6) is 0 Å². The van der Waals surface area contributed by atoms with E-state index in [2.05, 4.69) is 37.8 Å². The third kappa shape index (κ3) is 13.3. The van der Waals surface area contributed by atoms with Crippen LogP contribution in [0.15, 0.2) is 12.2 Å². The molecule has 0 fully saturated rings. The normalized spacial score (nSPS) is 10.4. The van der Waals surface area contributed by atoms with Gasteiger partial charge in [0.25, 0.3) is 0 Å². The van der Waals surface area contributed by atoms with E-state index >= 15 is 0 Å². The molecule has 0 saturated carbocycles. The van der Waals surface area contributed by atoms with Gasteiger partial charge in [-0.1, -0.05) is 58.1 Å². The summed E-state index contributed by atoms with van der Waals surface area (Å²) in [6, 6.07) is 0. The smallest absolute Gasteiger partial charge is 0.0123 e. The maximum absolute atomic E-state index is 3.27. The Morgan fingerprint density at radius 3 is 2.19 bits per heavy atom. The van der Waals surface area contributed by atoms with Crippen LogP contribution in [0.3, 0.4) is 0 Å². The van der Waals surface area contributed by atoms with Crippen molar-refractivity contribution < 1.29 is 0 Å². The van der Waals surface area contributed by atoms with Gasteiger partial charge in [0, 0.05) is 12.8 Å². The Kier molecular flexibility index (Phi) is 13.7. The SMILES string of the molecule is CC/C=C/CCC#CCCCCCCCC. The lowest BCUT2D eigenvalue weighted by atomic mass is 10.1. The van der Waals surface area contributed by atoms with Crippen molar-refractivity contribution in [2.45, 2.75) is 78.1 Å². The van der Waals surface area contributed by atoms with Gasteiger partial charge >= 0.3 is 0 Å². The monoisotopic (exact) mass is 220 g/mol. The van der Waals surface area contributed by atoms with E-state index in [9.17, 15) is 0 Å². The molecule has 16 heavy (non-hydrogen) atoms. The lowest BCUT2D eigenvalue weighted by Crippen LogP contribution is -1.77. The zero-order valence-electron chi connectivity index (χ0n) is 11.2. The van der Waals surface area contributed by atoms with Crippen molar-refractivity contribution in [3.8, 4) is 11.8 Å². The number of unbranched alkanes of at least 4 members (excludes halogenated alkanes) is 7. The van der Waals surface area contributed by atoms with Crippen molar-refractivity contribution in [1.82, 2.24) is 0 Å². The second kappa shape index (κ2) is 14.3. The average molecular weight is 220 g/mol. The molecule has 0 heterocycles. The second-order valence-corrected chi connectivity index (χ2v) is 4.29. The Morgan fingerprint density at radius 2 is 1.44 bits per heavy atom. The maximum Gasteiger partial charge on any atom is 0.0123 e. The molecule has 92 valence electrons. The van der Waals surface area contributed by atoms with Crippen LogP contribution in [0.25, 0.3) is 0 Å². The quantitative estimate of drug-likeness (QED) is 0.274. The highest BCUT2D eigenvalue weighted by atomic mass is 13.9. The van der Waals surface area contributed by atoms with Crippen LogP contribution >= 0.6 is 0 Å². The highest BCUT2D eigenvalue weighted by Crippen LogP contribution is 2.06. The number of allylic oxidation sites excluding steroid dienone is 2. The highest BCUT2D eigenvalue weighted by molar-refractivity contribution is 5.00. The lowest BCUT2D eigenvalue weighted by Gasteiger charge is -1.96. The van der Waals surface area contributed by atoms with Gasteiger partial charge in [0.1, 0.15) is 0 Å². The van der Waals surface area contributed by atoms with E-state index in [4.69, 9.17) is 0 Å². The molecular formula is C16H28. The minimum absolute atomic E-state index is 1.03. The molecule has 0 heteroatoms. The summed E-state index contributed by atoms with van der Waals surface area (Å²) >= 11 is 0. The van der Waals surface area contributed by atoms with Crippen molar-refractivity contribution in [2.75, 3.05) is 0 Å². The summed E-state index contributed by atoms with van der Waals surface area (Å²) in [4.78, 5) is 0. The van der Waals surface area contributed by atoms with Gasteiger partial charge in [-0.15, -0.1) is 11.8 Å². The summed E-state index contributed by atoms with van der Waals surface area (Å²) in [6.45, 7) is 4.43. The summed E-state index contributed by atoms with van der Waals surface area (Å²) in [6.07, 6.45) is 17.1. The van der Waals surface area contributed by atoms with E-state index in [1.165, 1.54) is 38.5 Å². The Bertz CT molecular complexity index is 202. The summed E-state index contributed by atoms with van der Waals surface area (Å²) in [7, 11) is 0. The second-order valence-electron chi connectivity index (χ2n) is 4.29. The minimum atomic E-state index is 1.03. The Balaban J connectivity index is 3.12. The molecule has 0 unspecified atom stereocenters. The van der Waals surface area contributed by atoms with Gasteiger partial charge in [0.05, 0.1) is 0 Å². The minimum Gasteiger partial charge on any atom is -0.103 e. The topological polar surface area (TPSA) is 0 Å². The van der Waals surface area contributed by atoms with E-state index in [0.29, 0.717) is 0 Å². The predicted molar refractivity (Wildman–Crippen MR) is 74.4 cm³/mol. The molecule has 0 spiro atoms. The Labute approximate surface area is 103 Å². The van der Waals surface area contributed by atoms with Gasteiger partial charge in [-0.2, -0.15) is 0 Å². The number of hydrogen-bond acceptors (Lipinski definition) is 0. The molecule has 0 rings (SSSR count). The summed E-state index contributed by atoms with van der Waals surface area (Å²) in [5.41, 5.74) is 0. The van der Waals surface area contributed by atoms with Crippen molar-refractivity contribution >= 4 is 0 Å². The summed E-state index contributed by atoms with van der Waals surface area (Å²) < 4.78 is 0. The first-order chi connectivity index (χ1) is 7.91. The van der Waals surface area contributed by atoms with Crippen LogP contribution in [0.4, 0.5) is 0 Å². The van der Waals surface area contributed by atoms with Gasteiger partial charge < -0.3 is 0 Å². The zero-order valence-corrected chi connectivity index (χ0v) is 11.2. The third-order valence-electron chi connectivity index (χ3n) is 2.62.